The Bertz CT molecular complexity index is 315. The highest BCUT2D eigenvalue weighted by molar-refractivity contribution is 5.74. The zero-order valence-electron chi connectivity index (χ0n) is 8.83. The number of nitrogens with two attached hydrogens (primary N) is 1. The van der Waals surface area contributed by atoms with E-state index in [9.17, 15) is 4.79 Å². The molecular weight excluding hydrogens is 210 g/mol. The van der Waals surface area contributed by atoms with Crippen molar-refractivity contribution in [2.45, 2.75) is 6.10 Å². The minimum absolute atomic E-state index is 0.0881. The van der Waals surface area contributed by atoms with E-state index in [0.29, 0.717) is 5.75 Å². The van der Waals surface area contributed by atoms with E-state index in [4.69, 9.17) is 20.3 Å². The first kappa shape index (κ1) is 12.5. The lowest BCUT2D eigenvalue weighted by molar-refractivity contribution is -0.153. The van der Waals surface area contributed by atoms with Crippen molar-refractivity contribution in [3.05, 3.63) is 30.3 Å². The number of aliphatic hydroxyl groups is 1. The van der Waals surface area contributed by atoms with E-state index in [1.807, 2.05) is 18.2 Å². The van der Waals surface area contributed by atoms with Crippen LogP contribution < -0.4 is 10.5 Å². The van der Waals surface area contributed by atoms with Crippen molar-refractivity contribution in [1.29, 1.82) is 0 Å². The number of para-hydroxylation sites is 1. The van der Waals surface area contributed by atoms with Crippen molar-refractivity contribution >= 4 is 5.97 Å². The molecule has 0 heterocycles. The summed E-state index contributed by atoms with van der Waals surface area (Å²) in [7, 11) is 0. The Labute approximate surface area is 93.8 Å². The second-order valence-electron chi connectivity index (χ2n) is 3.08. The molecule has 88 valence electrons. The monoisotopic (exact) mass is 225 g/mol. The van der Waals surface area contributed by atoms with Crippen LogP contribution in [0.3, 0.4) is 0 Å². The Balaban J connectivity index is 2.15. The lowest BCUT2D eigenvalue weighted by Gasteiger charge is -2.09. The second kappa shape index (κ2) is 6.81. The van der Waals surface area contributed by atoms with Gasteiger partial charge in [0.2, 0.25) is 0 Å². The average Bonchev–Trinajstić information content (AvgIpc) is 2.34. The molecule has 0 aliphatic heterocycles. The molecule has 0 bridgehead atoms. The fourth-order valence-electron chi connectivity index (χ4n) is 1.01. The quantitative estimate of drug-likeness (QED) is 0.523. The van der Waals surface area contributed by atoms with Gasteiger partial charge >= 0.3 is 5.97 Å². The van der Waals surface area contributed by atoms with Gasteiger partial charge in [0, 0.05) is 6.54 Å². The standard InChI is InChI=1S/C11H15NO4/c12-8-10(13)11(14)16-7-6-15-9-4-2-1-3-5-9/h1-5,10,13H,6-8,12H2/t10-/m0/s1. The number of hydrogen-bond acceptors (Lipinski definition) is 5. The predicted octanol–water partition coefficient (Wildman–Crippen LogP) is -0.0718. The summed E-state index contributed by atoms with van der Waals surface area (Å²) in [6, 6.07) is 9.18. The van der Waals surface area contributed by atoms with E-state index in [-0.39, 0.29) is 19.8 Å². The molecule has 0 saturated carbocycles. The predicted molar refractivity (Wildman–Crippen MR) is 58.0 cm³/mol. The summed E-state index contributed by atoms with van der Waals surface area (Å²) in [5, 5.41) is 9.00. The number of carbonyl (C=O) groups is 1. The van der Waals surface area contributed by atoms with E-state index < -0.39 is 12.1 Å². The molecule has 5 heteroatoms. The van der Waals surface area contributed by atoms with E-state index >= 15 is 0 Å². The van der Waals surface area contributed by atoms with Crippen LogP contribution in [0.4, 0.5) is 0 Å². The molecule has 0 aliphatic carbocycles. The topological polar surface area (TPSA) is 81.8 Å². The molecule has 0 radical (unpaired) electrons. The second-order valence-corrected chi connectivity index (χ2v) is 3.08. The Kier molecular flexibility index (Phi) is 5.31. The third-order valence-corrected chi connectivity index (χ3v) is 1.83. The first-order chi connectivity index (χ1) is 7.74. The van der Waals surface area contributed by atoms with Crippen molar-refractivity contribution in [1.82, 2.24) is 0 Å². The first-order valence-corrected chi connectivity index (χ1v) is 4.96. The zero-order valence-corrected chi connectivity index (χ0v) is 8.83. The number of carbonyl (C=O) groups excluding carboxylic acids is 1. The highest BCUT2D eigenvalue weighted by Gasteiger charge is 2.13. The molecule has 3 N–H and O–H groups in total. The van der Waals surface area contributed by atoms with Crippen molar-refractivity contribution in [2.24, 2.45) is 5.73 Å². The normalized spacial score (nSPS) is 11.9. The summed E-state index contributed by atoms with van der Waals surface area (Å²) in [4.78, 5) is 11.0. The molecule has 0 spiro atoms. The summed E-state index contributed by atoms with van der Waals surface area (Å²) in [5.41, 5.74) is 5.09. The molecule has 1 aromatic rings. The van der Waals surface area contributed by atoms with Crippen molar-refractivity contribution in [2.75, 3.05) is 19.8 Å². The van der Waals surface area contributed by atoms with E-state index in [2.05, 4.69) is 0 Å². The maximum absolute atomic E-state index is 11.0. The summed E-state index contributed by atoms with van der Waals surface area (Å²) >= 11 is 0. The van der Waals surface area contributed by atoms with Crippen LogP contribution in [-0.2, 0) is 9.53 Å². The Hall–Kier alpha value is -1.59. The van der Waals surface area contributed by atoms with Crippen LogP contribution in [0.2, 0.25) is 0 Å². The van der Waals surface area contributed by atoms with Crippen LogP contribution in [0.5, 0.6) is 5.75 Å². The Morgan fingerprint density at radius 3 is 2.62 bits per heavy atom. The van der Waals surface area contributed by atoms with Crippen molar-refractivity contribution < 1.29 is 19.4 Å². The maximum atomic E-state index is 11.0. The summed E-state index contributed by atoms with van der Waals surface area (Å²) in [5.74, 6) is -0.0166. The molecule has 5 nitrogen and oxygen atoms in total. The minimum atomic E-state index is -1.25. The van der Waals surface area contributed by atoms with Crippen LogP contribution in [0.15, 0.2) is 30.3 Å². The molecule has 0 aromatic heterocycles. The molecular formula is C11H15NO4. The van der Waals surface area contributed by atoms with Gasteiger partial charge in [0.05, 0.1) is 0 Å². The lowest BCUT2D eigenvalue weighted by atomic mass is 10.3. The van der Waals surface area contributed by atoms with Crippen LogP contribution >= 0.6 is 0 Å². The van der Waals surface area contributed by atoms with Crippen LogP contribution in [-0.4, -0.2) is 36.9 Å². The van der Waals surface area contributed by atoms with Gasteiger partial charge in [0.15, 0.2) is 6.10 Å². The van der Waals surface area contributed by atoms with Gasteiger partial charge in [-0.1, -0.05) is 18.2 Å². The zero-order chi connectivity index (χ0) is 11.8. The largest absolute Gasteiger partial charge is 0.490 e. The number of aliphatic hydroxyl groups excluding tert-OH is 1. The molecule has 0 aliphatic rings. The SMILES string of the molecule is NC[C@H](O)C(=O)OCCOc1ccccc1. The highest BCUT2D eigenvalue weighted by Crippen LogP contribution is 2.07. The fourth-order valence-corrected chi connectivity index (χ4v) is 1.01. The van der Waals surface area contributed by atoms with Gasteiger partial charge in [0.25, 0.3) is 0 Å². The van der Waals surface area contributed by atoms with Crippen LogP contribution in [0.1, 0.15) is 0 Å². The van der Waals surface area contributed by atoms with Gasteiger partial charge in [-0.2, -0.15) is 0 Å². The molecule has 0 unspecified atom stereocenters. The maximum Gasteiger partial charge on any atom is 0.336 e. The van der Waals surface area contributed by atoms with E-state index in [1.165, 1.54) is 0 Å². The van der Waals surface area contributed by atoms with E-state index in [1.54, 1.807) is 12.1 Å². The lowest BCUT2D eigenvalue weighted by Crippen LogP contribution is -2.31. The average molecular weight is 225 g/mol. The van der Waals surface area contributed by atoms with Gasteiger partial charge < -0.3 is 20.3 Å². The number of hydrogen-bond donors (Lipinski definition) is 2. The van der Waals surface area contributed by atoms with Gasteiger partial charge in [0.1, 0.15) is 19.0 Å². The van der Waals surface area contributed by atoms with Crippen LogP contribution in [0, 0.1) is 0 Å². The van der Waals surface area contributed by atoms with Gasteiger partial charge in [-0.25, -0.2) is 4.79 Å². The highest BCUT2D eigenvalue weighted by atomic mass is 16.6. The molecule has 16 heavy (non-hydrogen) atoms. The molecule has 0 fully saturated rings. The Morgan fingerprint density at radius 1 is 1.31 bits per heavy atom. The molecule has 0 amide bonds. The minimum Gasteiger partial charge on any atom is -0.490 e. The van der Waals surface area contributed by atoms with Crippen LogP contribution in [0.25, 0.3) is 0 Å². The number of rotatable bonds is 6. The van der Waals surface area contributed by atoms with Crippen molar-refractivity contribution in [3.63, 3.8) is 0 Å². The van der Waals surface area contributed by atoms with Gasteiger partial charge in [-0.15, -0.1) is 0 Å². The summed E-state index contributed by atoms with van der Waals surface area (Å²) in [6.07, 6.45) is -1.25. The molecule has 1 aromatic carbocycles. The van der Waals surface area contributed by atoms with Crippen molar-refractivity contribution in [3.8, 4) is 5.75 Å². The third kappa shape index (κ3) is 4.29. The van der Waals surface area contributed by atoms with E-state index in [0.717, 1.165) is 0 Å². The molecule has 0 saturated heterocycles. The fraction of sp³-hybridized carbons (Fsp3) is 0.364. The number of esters is 1. The number of benzene rings is 1. The third-order valence-electron chi connectivity index (χ3n) is 1.83. The van der Waals surface area contributed by atoms with Gasteiger partial charge in [-0.3, -0.25) is 0 Å². The summed E-state index contributed by atoms with van der Waals surface area (Å²) < 4.78 is 10.0. The molecule has 1 atom stereocenters. The van der Waals surface area contributed by atoms with Gasteiger partial charge in [-0.05, 0) is 12.1 Å². The summed E-state index contributed by atoms with van der Waals surface area (Å²) in [6.45, 7) is 0.191. The molecule has 1 rings (SSSR count). The Morgan fingerprint density at radius 2 is 2.00 bits per heavy atom. The smallest absolute Gasteiger partial charge is 0.336 e. The first-order valence-electron chi connectivity index (χ1n) is 4.96. The number of ether oxygens (including phenoxy) is 2.